The molecule has 1 atom stereocenters. The van der Waals surface area contributed by atoms with Gasteiger partial charge in [0.15, 0.2) is 0 Å². The summed E-state index contributed by atoms with van der Waals surface area (Å²) >= 11 is 0. The van der Waals surface area contributed by atoms with Gasteiger partial charge in [0.1, 0.15) is 0 Å². The summed E-state index contributed by atoms with van der Waals surface area (Å²) in [5.74, 6) is 0. The Hall–Kier alpha value is -4.42. The highest BCUT2D eigenvalue weighted by molar-refractivity contribution is 6.06. The molecule has 0 heterocycles. The van der Waals surface area contributed by atoms with Gasteiger partial charge in [-0.3, -0.25) is 0 Å². The van der Waals surface area contributed by atoms with Crippen molar-refractivity contribution in [3.63, 3.8) is 0 Å². The Bertz CT molecular complexity index is 1780. The average Bonchev–Trinajstić information content (AvgIpc) is 3.25. The van der Waals surface area contributed by atoms with Crippen molar-refractivity contribution in [3.8, 4) is 33.4 Å². The summed E-state index contributed by atoms with van der Waals surface area (Å²) < 4.78 is 0. The van der Waals surface area contributed by atoms with Crippen LogP contribution in [0.4, 0.5) is 0 Å². The molecule has 0 amide bonds. The normalized spacial score (nSPS) is 16.7. The highest BCUT2D eigenvalue weighted by Crippen LogP contribution is 2.64. The number of benzene rings is 6. The van der Waals surface area contributed by atoms with Crippen LogP contribution in [0.15, 0.2) is 133 Å². The van der Waals surface area contributed by atoms with E-state index in [2.05, 4.69) is 133 Å². The zero-order chi connectivity index (χ0) is 23.0. The molecule has 0 N–H and O–H groups in total. The van der Waals surface area contributed by atoms with Gasteiger partial charge in [0.2, 0.25) is 0 Å². The van der Waals surface area contributed by atoms with Gasteiger partial charge in [-0.15, -0.1) is 0 Å². The largest absolute Gasteiger partial charge is 0.0726 e. The minimum atomic E-state index is -0.226. The smallest absolute Gasteiger partial charge is 0.0622 e. The van der Waals surface area contributed by atoms with E-state index in [1.165, 1.54) is 66.4 Å². The summed E-state index contributed by atoms with van der Waals surface area (Å²) in [5.41, 5.74) is 13.3. The molecule has 1 spiro atoms. The second-order valence-electron chi connectivity index (χ2n) is 9.72. The Morgan fingerprint density at radius 1 is 0.343 bits per heavy atom. The third kappa shape index (κ3) is 2.36. The summed E-state index contributed by atoms with van der Waals surface area (Å²) in [4.78, 5) is 0. The molecule has 0 fully saturated rings. The maximum absolute atomic E-state index is 2.45. The topological polar surface area (TPSA) is 0 Å². The van der Waals surface area contributed by atoms with E-state index in [0.29, 0.717) is 0 Å². The van der Waals surface area contributed by atoms with Crippen molar-refractivity contribution in [1.29, 1.82) is 0 Å². The van der Waals surface area contributed by atoms with E-state index in [1.807, 2.05) is 0 Å². The predicted molar refractivity (Wildman–Crippen MR) is 146 cm³/mol. The van der Waals surface area contributed by atoms with Crippen LogP contribution in [0.3, 0.4) is 0 Å². The minimum Gasteiger partial charge on any atom is -0.0622 e. The van der Waals surface area contributed by atoms with Crippen LogP contribution in [-0.4, -0.2) is 0 Å². The van der Waals surface area contributed by atoms with E-state index in [4.69, 9.17) is 0 Å². The fourth-order valence-electron chi connectivity index (χ4n) is 6.59. The summed E-state index contributed by atoms with van der Waals surface area (Å²) in [6, 6.07) is 49.3. The van der Waals surface area contributed by atoms with Gasteiger partial charge in [-0.2, -0.15) is 0 Å². The molecular weight excluding hydrogens is 420 g/mol. The molecule has 6 aromatic rings. The monoisotopic (exact) mass is 442 g/mol. The molecule has 8 rings (SSSR count). The van der Waals surface area contributed by atoms with Crippen molar-refractivity contribution < 1.29 is 0 Å². The molecule has 1 unspecified atom stereocenters. The minimum absolute atomic E-state index is 0.226. The fourth-order valence-corrected chi connectivity index (χ4v) is 6.59. The molecule has 0 saturated heterocycles. The molecule has 0 radical (unpaired) electrons. The molecule has 2 aliphatic carbocycles. The lowest BCUT2D eigenvalue weighted by molar-refractivity contribution is 0.745. The first-order valence-electron chi connectivity index (χ1n) is 12.3. The van der Waals surface area contributed by atoms with Gasteiger partial charge in [0.05, 0.1) is 5.41 Å². The second-order valence-corrected chi connectivity index (χ2v) is 9.72. The van der Waals surface area contributed by atoms with Crippen molar-refractivity contribution in [2.75, 3.05) is 0 Å². The van der Waals surface area contributed by atoms with Crippen LogP contribution in [0.25, 0.3) is 44.2 Å². The highest BCUT2D eigenvalue weighted by atomic mass is 14.5. The van der Waals surface area contributed by atoms with Crippen molar-refractivity contribution in [3.05, 3.63) is 156 Å². The van der Waals surface area contributed by atoms with E-state index in [-0.39, 0.29) is 5.41 Å². The highest BCUT2D eigenvalue weighted by Gasteiger charge is 2.53. The zero-order valence-electron chi connectivity index (χ0n) is 19.2. The average molecular weight is 443 g/mol. The SMILES string of the molecule is c1ccc(-c2ccc3c(c2)C2(c4ccccc4-3)c3cccc4cc(-c5ccccc5)cc2c34)cc1. The van der Waals surface area contributed by atoms with Crippen molar-refractivity contribution in [2.24, 2.45) is 0 Å². The third-order valence-corrected chi connectivity index (χ3v) is 8.04. The lowest BCUT2D eigenvalue weighted by Gasteiger charge is -2.44. The van der Waals surface area contributed by atoms with Gasteiger partial charge in [0.25, 0.3) is 0 Å². The van der Waals surface area contributed by atoms with E-state index in [9.17, 15) is 0 Å². The molecule has 0 heteroatoms. The van der Waals surface area contributed by atoms with Crippen LogP contribution in [0.1, 0.15) is 22.3 Å². The molecular formula is C35H22. The summed E-state index contributed by atoms with van der Waals surface area (Å²) in [6.07, 6.45) is 0. The summed E-state index contributed by atoms with van der Waals surface area (Å²) in [6.45, 7) is 0. The quantitative estimate of drug-likeness (QED) is 0.251. The fraction of sp³-hybridized carbons (Fsp3) is 0.0286. The first-order valence-corrected chi connectivity index (χ1v) is 12.3. The molecule has 0 aromatic heterocycles. The van der Waals surface area contributed by atoms with Crippen LogP contribution >= 0.6 is 0 Å². The Labute approximate surface area is 205 Å². The Morgan fingerprint density at radius 3 is 1.77 bits per heavy atom. The van der Waals surface area contributed by atoms with E-state index < -0.39 is 0 Å². The van der Waals surface area contributed by atoms with Gasteiger partial charge < -0.3 is 0 Å². The van der Waals surface area contributed by atoms with Crippen LogP contribution in [0, 0.1) is 0 Å². The van der Waals surface area contributed by atoms with Gasteiger partial charge >= 0.3 is 0 Å². The van der Waals surface area contributed by atoms with Crippen LogP contribution in [0.5, 0.6) is 0 Å². The summed E-state index contributed by atoms with van der Waals surface area (Å²) in [7, 11) is 0. The number of rotatable bonds is 2. The summed E-state index contributed by atoms with van der Waals surface area (Å²) in [5, 5.41) is 2.74. The van der Waals surface area contributed by atoms with Gasteiger partial charge in [0, 0.05) is 0 Å². The molecule has 2 aliphatic rings. The Morgan fingerprint density at radius 2 is 0.971 bits per heavy atom. The number of hydrogen-bond donors (Lipinski definition) is 0. The number of fused-ring (bicyclic) bond motifs is 7. The Kier molecular flexibility index (Phi) is 3.68. The lowest BCUT2D eigenvalue weighted by atomic mass is 9.57. The zero-order valence-corrected chi connectivity index (χ0v) is 19.2. The van der Waals surface area contributed by atoms with Crippen LogP contribution in [-0.2, 0) is 5.41 Å². The molecule has 0 aliphatic heterocycles. The van der Waals surface area contributed by atoms with Crippen molar-refractivity contribution in [1.82, 2.24) is 0 Å². The first kappa shape index (κ1) is 18.9. The van der Waals surface area contributed by atoms with E-state index in [1.54, 1.807) is 0 Å². The lowest BCUT2D eigenvalue weighted by Crippen LogP contribution is -2.36. The molecule has 0 saturated carbocycles. The van der Waals surface area contributed by atoms with Gasteiger partial charge in [-0.1, -0.05) is 115 Å². The van der Waals surface area contributed by atoms with Crippen LogP contribution < -0.4 is 0 Å². The van der Waals surface area contributed by atoms with Crippen molar-refractivity contribution in [2.45, 2.75) is 5.41 Å². The molecule has 162 valence electrons. The third-order valence-electron chi connectivity index (χ3n) is 8.04. The van der Waals surface area contributed by atoms with Gasteiger partial charge in [-0.05, 0) is 84.6 Å². The van der Waals surface area contributed by atoms with E-state index in [0.717, 1.165) is 0 Å². The molecule has 0 nitrogen and oxygen atoms in total. The van der Waals surface area contributed by atoms with E-state index >= 15 is 0 Å². The second kappa shape index (κ2) is 6.81. The van der Waals surface area contributed by atoms with Gasteiger partial charge in [-0.25, -0.2) is 0 Å². The predicted octanol–water partition coefficient (Wildman–Crippen LogP) is 8.85. The number of hydrogen-bond acceptors (Lipinski definition) is 0. The molecule has 35 heavy (non-hydrogen) atoms. The molecule has 0 bridgehead atoms. The first-order chi connectivity index (χ1) is 17.4. The Balaban J connectivity index is 1.46. The maximum Gasteiger partial charge on any atom is 0.0726 e. The van der Waals surface area contributed by atoms with Crippen molar-refractivity contribution >= 4 is 10.8 Å². The molecule has 6 aromatic carbocycles. The maximum atomic E-state index is 2.45. The van der Waals surface area contributed by atoms with Crippen LogP contribution in [0.2, 0.25) is 0 Å². The standard InChI is InChI=1S/C35H22/c1-3-10-23(11-4-1)25-18-19-29-28-15-7-8-16-30(28)35(32(29)21-25)31-17-9-14-26-20-27(22-33(35)34(26)31)24-12-5-2-6-13-24/h1-22H.